The molecule has 0 spiro atoms. The summed E-state index contributed by atoms with van der Waals surface area (Å²) < 4.78 is 0. The molecule has 1 N–H and O–H groups in total. The SMILES string of the molecule is CN(C)CCN(Cc1cccc2ccccc12)C(=O)Nc1cc(Cl)nc(Cl)c1. The Bertz CT molecular complexity index is 952. The van der Waals surface area contributed by atoms with Crippen molar-refractivity contribution in [3.8, 4) is 0 Å². The topological polar surface area (TPSA) is 48.5 Å². The summed E-state index contributed by atoms with van der Waals surface area (Å²) in [6.07, 6.45) is 0. The number of hydrogen-bond acceptors (Lipinski definition) is 3. The Hall–Kier alpha value is -2.34. The van der Waals surface area contributed by atoms with Crippen LogP contribution in [0.1, 0.15) is 5.56 Å². The van der Waals surface area contributed by atoms with Crippen LogP contribution in [0.25, 0.3) is 10.8 Å². The van der Waals surface area contributed by atoms with E-state index in [-0.39, 0.29) is 16.3 Å². The molecule has 28 heavy (non-hydrogen) atoms. The number of nitrogens with zero attached hydrogens (tertiary/aromatic N) is 3. The van der Waals surface area contributed by atoms with E-state index in [9.17, 15) is 4.79 Å². The number of fused-ring (bicyclic) bond motifs is 1. The Balaban J connectivity index is 1.84. The first kappa shape index (κ1) is 20.4. The molecule has 0 aliphatic carbocycles. The van der Waals surface area contributed by atoms with E-state index in [1.54, 1.807) is 17.0 Å². The average Bonchev–Trinajstić information content (AvgIpc) is 2.64. The molecule has 0 saturated heterocycles. The van der Waals surface area contributed by atoms with Gasteiger partial charge in [0.1, 0.15) is 10.3 Å². The molecule has 0 fully saturated rings. The zero-order valence-corrected chi connectivity index (χ0v) is 17.3. The molecule has 0 bridgehead atoms. The number of rotatable bonds is 6. The van der Waals surface area contributed by atoms with E-state index in [1.165, 1.54) is 0 Å². The number of hydrogen-bond donors (Lipinski definition) is 1. The lowest BCUT2D eigenvalue weighted by Gasteiger charge is -2.25. The Morgan fingerprint density at radius 3 is 2.39 bits per heavy atom. The third-order valence-electron chi connectivity index (χ3n) is 4.36. The summed E-state index contributed by atoms with van der Waals surface area (Å²) in [5.41, 5.74) is 1.61. The molecule has 1 aromatic heterocycles. The molecule has 7 heteroatoms. The van der Waals surface area contributed by atoms with Crippen molar-refractivity contribution >= 4 is 45.7 Å². The summed E-state index contributed by atoms with van der Waals surface area (Å²) in [5.74, 6) is 0. The van der Waals surface area contributed by atoms with Crippen molar-refractivity contribution in [2.75, 3.05) is 32.5 Å². The summed E-state index contributed by atoms with van der Waals surface area (Å²) in [6.45, 7) is 1.82. The fraction of sp³-hybridized carbons (Fsp3) is 0.238. The first-order chi connectivity index (χ1) is 13.4. The smallest absolute Gasteiger partial charge is 0.319 e. The summed E-state index contributed by atoms with van der Waals surface area (Å²) in [5, 5.41) is 5.64. The molecule has 146 valence electrons. The van der Waals surface area contributed by atoms with Crippen LogP contribution in [0.4, 0.5) is 10.5 Å². The third-order valence-corrected chi connectivity index (χ3v) is 4.75. The van der Waals surface area contributed by atoms with Gasteiger partial charge >= 0.3 is 6.03 Å². The number of aromatic nitrogens is 1. The first-order valence-electron chi connectivity index (χ1n) is 8.93. The molecule has 0 atom stereocenters. The normalized spacial score (nSPS) is 11.0. The van der Waals surface area contributed by atoms with Crippen LogP contribution in [-0.4, -0.2) is 48.0 Å². The van der Waals surface area contributed by atoms with Crippen molar-refractivity contribution in [1.82, 2.24) is 14.8 Å². The van der Waals surface area contributed by atoms with Crippen molar-refractivity contribution in [2.45, 2.75) is 6.54 Å². The molecule has 0 aliphatic heterocycles. The van der Waals surface area contributed by atoms with Crippen LogP contribution in [0.15, 0.2) is 54.6 Å². The molecule has 0 unspecified atom stereocenters. The van der Waals surface area contributed by atoms with Gasteiger partial charge in [-0.25, -0.2) is 9.78 Å². The molecule has 0 aliphatic rings. The zero-order valence-electron chi connectivity index (χ0n) is 15.8. The maximum absolute atomic E-state index is 13.0. The summed E-state index contributed by atoms with van der Waals surface area (Å²) in [6, 6.07) is 17.3. The monoisotopic (exact) mass is 416 g/mol. The van der Waals surface area contributed by atoms with Crippen LogP contribution in [0.5, 0.6) is 0 Å². The second-order valence-corrected chi connectivity index (χ2v) is 7.57. The van der Waals surface area contributed by atoms with E-state index >= 15 is 0 Å². The molecule has 0 radical (unpaired) electrons. The molecule has 3 aromatic rings. The number of anilines is 1. The molecule has 5 nitrogen and oxygen atoms in total. The van der Waals surface area contributed by atoms with Gasteiger partial charge in [0.25, 0.3) is 0 Å². The Labute approximate surface area is 174 Å². The minimum absolute atomic E-state index is 0.215. The van der Waals surface area contributed by atoms with Crippen molar-refractivity contribution in [2.24, 2.45) is 0 Å². The lowest BCUT2D eigenvalue weighted by atomic mass is 10.0. The standard InChI is InChI=1S/C21H22Cl2N4O/c1-26(2)10-11-27(21(28)24-17-12-19(22)25-20(23)13-17)14-16-8-5-7-15-6-3-4-9-18(15)16/h3-9,12-13H,10-11,14H2,1-2H3,(H,24,25,28). The minimum Gasteiger partial charge on any atom is -0.319 e. The highest BCUT2D eigenvalue weighted by Gasteiger charge is 2.16. The number of likely N-dealkylation sites (N-methyl/N-ethyl adjacent to an activating group) is 1. The van der Waals surface area contributed by atoms with Gasteiger partial charge in [-0.2, -0.15) is 0 Å². The number of carbonyl (C=O) groups excluding carboxylic acids is 1. The van der Waals surface area contributed by atoms with Gasteiger partial charge in [0.05, 0.1) is 0 Å². The van der Waals surface area contributed by atoms with Crippen LogP contribution in [0, 0.1) is 0 Å². The number of urea groups is 1. The highest BCUT2D eigenvalue weighted by molar-refractivity contribution is 6.32. The highest BCUT2D eigenvalue weighted by Crippen LogP contribution is 2.22. The van der Waals surface area contributed by atoms with Crippen molar-refractivity contribution in [3.63, 3.8) is 0 Å². The Morgan fingerprint density at radius 1 is 1.00 bits per heavy atom. The van der Waals surface area contributed by atoms with Crippen molar-refractivity contribution in [1.29, 1.82) is 0 Å². The Kier molecular flexibility index (Phi) is 6.73. The molecule has 2 amide bonds. The van der Waals surface area contributed by atoms with Gasteiger partial charge < -0.3 is 15.1 Å². The van der Waals surface area contributed by atoms with Crippen LogP contribution in [0.2, 0.25) is 10.3 Å². The van der Waals surface area contributed by atoms with Crippen LogP contribution >= 0.6 is 23.2 Å². The van der Waals surface area contributed by atoms with Gasteiger partial charge in [-0.15, -0.1) is 0 Å². The predicted octanol–water partition coefficient (Wildman–Crippen LogP) is 5.14. The Morgan fingerprint density at radius 2 is 1.68 bits per heavy atom. The fourth-order valence-electron chi connectivity index (χ4n) is 2.95. The quantitative estimate of drug-likeness (QED) is 0.566. The van der Waals surface area contributed by atoms with Gasteiger partial charge in [-0.3, -0.25) is 0 Å². The third kappa shape index (κ3) is 5.35. The summed E-state index contributed by atoms with van der Waals surface area (Å²) in [4.78, 5) is 20.7. The number of carbonyl (C=O) groups is 1. The van der Waals surface area contributed by atoms with E-state index < -0.39 is 0 Å². The van der Waals surface area contributed by atoms with E-state index in [4.69, 9.17) is 23.2 Å². The van der Waals surface area contributed by atoms with E-state index in [0.29, 0.717) is 18.8 Å². The number of benzene rings is 2. The summed E-state index contributed by atoms with van der Waals surface area (Å²) in [7, 11) is 3.97. The lowest BCUT2D eigenvalue weighted by molar-refractivity contribution is 0.202. The summed E-state index contributed by atoms with van der Waals surface area (Å²) >= 11 is 11.9. The maximum Gasteiger partial charge on any atom is 0.322 e. The zero-order chi connectivity index (χ0) is 20.1. The first-order valence-corrected chi connectivity index (χ1v) is 9.68. The van der Waals surface area contributed by atoms with Crippen LogP contribution < -0.4 is 5.32 Å². The van der Waals surface area contributed by atoms with Gasteiger partial charge in [0.2, 0.25) is 0 Å². The van der Waals surface area contributed by atoms with Crippen LogP contribution in [-0.2, 0) is 6.54 Å². The minimum atomic E-state index is -0.215. The highest BCUT2D eigenvalue weighted by atomic mass is 35.5. The van der Waals surface area contributed by atoms with E-state index in [2.05, 4.69) is 34.6 Å². The van der Waals surface area contributed by atoms with Gasteiger partial charge in [-0.1, -0.05) is 65.7 Å². The number of nitrogens with one attached hydrogen (secondary N) is 1. The maximum atomic E-state index is 13.0. The molecular weight excluding hydrogens is 395 g/mol. The van der Waals surface area contributed by atoms with E-state index in [1.807, 2.05) is 37.2 Å². The number of pyridine rings is 1. The number of halogens is 2. The molecule has 3 rings (SSSR count). The predicted molar refractivity (Wildman–Crippen MR) is 116 cm³/mol. The lowest BCUT2D eigenvalue weighted by Crippen LogP contribution is -2.39. The second-order valence-electron chi connectivity index (χ2n) is 6.79. The fourth-order valence-corrected chi connectivity index (χ4v) is 3.41. The van der Waals surface area contributed by atoms with Crippen molar-refractivity contribution in [3.05, 3.63) is 70.5 Å². The van der Waals surface area contributed by atoms with Crippen LogP contribution in [0.3, 0.4) is 0 Å². The van der Waals surface area contributed by atoms with Gasteiger partial charge in [0.15, 0.2) is 0 Å². The molecule has 1 heterocycles. The van der Waals surface area contributed by atoms with E-state index in [0.717, 1.165) is 22.9 Å². The van der Waals surface area contributed by atoms with Gasteiger partial charge in [0, 0.05) is 25.3 Å². The largest absolute Gasteiger partial charge is 0.322 e. The number of amides is 2. The second kappa shape index (κ2) is 9.24. The molecule has 2 aromatic carbocycles. The molecule has 0 saturated carbocycles. The van der Waals surface area contributed by atoms with Gasteiger partial charge in [-0.05, 0) is 42.6 Å². The molecular formula is C21H22Cl2N4O. The van der Waals surface area contributed by atoms with Crippen molar-refractivity contribution < 1.29 is 4.79 Å². The average molecular weight is 417 g/mol.